The molecule has 90 valence electrons. The normalized spacial score (nSPS) is 14.1. The van der Waals surface area contributed by atoms with E-state index < -0.39 is 0 Å². The van der Waals surface area contributed by atoms with E-state index in [1.807, 2.05) is 19.1 Å². The lowest BCUT2D eigenvalue weighted by molar-refractivity contribution is 0.550. The van der Waals surface area contributed by atoms with Crippen LogP contribution in [0.5, 0.6) is 0 Å². The lowest BCUT2D eigenvalue weighted by Gasteiger charge is -2.29. The molecule has 1 aliphatic heterocycles. The first-order valence-corrected chi connectivity index (χ1v) is 5.78. The molecule has 2 aromatic rings. The number of hydrogen-bond acceptors (Lipinski definition) is 5. The Balaban J connectivity index is 1.95. The van der Waals surface area contributed by atoms with Crippen LogP contribution in [0.1, 0.15) is 17.3 Å². The Morgan fingerprint density at radius 1 is 1.33 bits per heavy atom. The van der Waals surface area contributed by atoms with Crippen molar-refractivity contribution in [3.05, 3.63) is 35.7 Å². The van der Waals surface area contributed by atoms with Gasteiger partial charge in [-0.3, -0.25) is 0 Å². The van der Waals surface area contributed by atoms with Gasteiger partial charge in [0.05, 0.1) is 12.2 Å². The van der Waals surface area contributed by atoms with Crippen molar-refractivity contribution in [2.75, 3.05) is 11.4 Å². The molecular weight excluding hydrogens is 228 g/mol. The average molecular weight is 240 g/mol. The van der Waals surface area contributed by atoms with Crippen LogP contribution in [0, 0.1) is 18.3 Å². The van der Waals surface area contributed by atoms with Gasteiger partial charge in [-0.05, 0) is 19.1 Å². The monoisotopic (exact) mass is 240 g/mol. The Labute approximate surface area is 105 Å². The highest BCUT2D eigenvalue weighted by atomic mass is 15.3. The molecular formula is C12H12N6. The third-order valence-corrected chi connectivity index (χ3v) is 3.17. The van der Waals surface area contributed by atoms with Gasteiger partial charge in [0.25, 0.3) is 0 Å². The van der Waals surface area contributed by atoms with E-state index in [1.165, 1.54) is 0 Å². The van der Waals surface area contributed by atoms with Gasteiger partial charge >= 0.3 is 0 Å². The summed E-state index contributed by atoms with van der Waals surface area (Å²) in [5, 5.41) is 17.3. The van der Waals surface area contributed by atoms with Crippen molar-refractivity contribution in [3.8, 4) is 6.07 Å². The second-order valence-electron chi connectivity index (χ2n) is 4.22. The number of aromatic nitrogens is 4. The van der Waals surface area contributed by atoms with Crippen LogP contribution in [0.3, 0.4) is 0 Å². The summed E-state index contributed by atoms with van der Waals surface area (Å²) in [7, 11) is 0. The predicted molar refractivity (Wildman–Crippen MR) is 64.8 cm³/mol. The van der Waals surface area contributed by atoms with E-state index in [1.54, 1.807) is 6.20 Å². The quantitative estimate of drug-likeness (QED) is 0.739. The molecule has 0 atom stereocenters. The third kappa shape index (κ3) is 1.61. The van der Waals surface area contributed by atoms with Gasteiger partial charge in [0, 0.05) is 19.3 Å². The number of pyridine rings is 1. The molecule has 0 saturated heterocycles. The van der Waals surface area contributed by atoms with Crippen LogP contribution in [0.4, 0.5) is 5.69 Å². The average Bonchev–Trinajstić information content (AvgIpc) is 2.80. The zero-order valence-electron chi connectivity index (χ0n) is 10.0. The van der Waals surface area contributed by atoms with Crippen molar-refractivity contribution in [2.45, 2.75) is 20.0 Å². The minimum absolute atomic E-state index is 0.460. The van der Waals surface area contributed by atoms with Gasteiger partial charge in [-0.1, -0.05) is 0 Å². The van der Waals surface area contributed by atoms with Crippen molar-refractivity contribution in [1.82, 2.24) is 19.7 Å². The molecule has 0 radical (unpaired) electrons. The van der Waals surface area contributed by atoms with Crippen molar-refractivity contribution in [1.29, 1.82) is 5.26 Å². The molecule has 0 spiro atoms. The molecule has 0 amide bonds. The van der Waals surface area contributed by atoms with E-state index in [0.717, 1.165) is 30.4 Å². The fraction of sp³-hybridized carbons (Fsp3) is 0.333. The van der Waals surface area contributed by atoms with Crippen LogP contribution in [0.25, 0.3) is 0 Å². The number of nitriles is 1. The maximum atomic E-state index is 9.08. The van der Waals surface area contributed by atoms with Crippen LogP contribution in [-0.4, -0.2) is 26.3 Å². The molecule has 3 heterocycles. The highest BCUT2D eigenvalue weighted by Gasteiger charge is 2.21. The molecule has 0 aromatic carbocycles. The largest absolute Gasteiger partial charge is 0.360 e. The van der Waals surface area contributed by atoms with Gasteiger partial charge in [0.2, 0.25) is 0 Å². The molecule has 6 heteroatoms. The first-order valence-electron chi connectivity index (χ1n) is 5.78. The molecule has 0 fully saturated rings. The summed E-state index contributed by atoms with van der Waals surface area (Å²) >= 11 is 0. The smallest absolute Gasteiger partial charge is 0.163 e. The minimum Gasteiger partial charge on any atom is -0.360 e. The van der Waals surface area contributed by atoms with E-state index in [9.17, 15) is 0 Å². The number of hydrogen-bond donors (Lipinski definition) is 0. The van der Waals surface area contributed by atoms with Crippen molar-refractivity contribution < 1.29 is 0 Å². The molecule has 1 aliphatic rings. The highest BCUT2D eigenvalue weighted by molar-refractivity contribution is 5.55. The van der Waals surface area contributed by atoms with Crippen LogP contribution < -0.4 is 4.90 Å². The Bertz CT molecular complexity index is 624. The standard InChI is InChI=1S/C12H12N6/c1-9-15-16-12-8-17(5-6-18(9)12)11-3-2-4-14-10(11)7-13/h2-4H,5-6,8H2,1H3. The van der Waals surface area contributed by atoms with Crippen molar-refractivity contribution in [3.63, 3.8) is 0 Å². The second-order valence-corrected chi connectivity index (χ2v) is 4.22. The molecule has 3 rings (SSSR count). The van der Waals surface area contributed by atoms with Crippen LogP contribution >= 0.6 is 0 Å². The van der Waals surface area contributed by atoms with Gasteiger partial charge in [0.15, 0.2) is 11.5 Å². The van der Waals surface area contributed by atoms with Gasteiger partial charge in [-0.2, -0.15) is 5.26 Å². The number of nitrogens with zero attached hydrogens (tertiary/aromatic N) is 6. The highest BCUT2D eigenvalue weighted by Crippen LogP contribution is 2.22. The van der Waals surface area contributed by atoms with E-state index in [4.69, 9.17) is 5.26 Å². The summed E-state index contributed by atoms with van der Waals surface area (Å²) in [4.78, 5) is 6.21. The molecule has 0 bridgehead atoms. The maximum absolute atomic E-state index is 9.08. The Morgan fingerprint density at radius 2 is 2.22 bits per heavy atom. The number of fused-ring (bicyclic) bond motifs is 1. The van der Waals surface area contributed by atoms with E-state index in [2.05, 4.69) is 30.7 Å². The number of rotatable bonds is 1. The first kappa shape index (κ1) is 10.7. The summed E-state index contributed by atoms with van der Waals surface area (Å²) < 4.78 is 2.11. The van der Waals surface area contributed by atoms with E-state index in [-0.39, 0.29) is 0 Å². The molecule has 18 heavy (non-hydrogen) atoms. The summed E-state index contributed by atoms with van der Waals surface area (Å²) in [6.07, 6.45) is 1.64. The molecule has 0 unspecified atom stereocenters. The topological polar surface area (TPSA) is 70.6 Å². The van der Waals surface area contributed by atoms with Gasteiger partial charge < -0.3 is 9.47 Å². The van der Waals surface area contributed by atoms with E-state index in [0.29, 0.717) is 12.2 Å². The fourth-order valence-electron chi connectivity index (χ4n) is 2.25. The van der Waals surface area contributed by atoms with E-state index >= 15 is 0 Å². The van der Waals surface area contributed by atoms with Crippen LogP contribution in [0.15, 0.2) is 18.3 Å². The summed E-state index contributed by atoms with van der Waals surface area (Å²) in [5.41, 5.74) is 1.33. The zero-order valence-corrected chi connectivity index (χ0v) is 10.0. The van der Waals surface area contributed by atoms with Crippen molar-refractivity contribution in [2.24, 2.45) is 0 Å². The third-order valence-electron chi connectivity index (χ3n) is 3.17. The number of aryl methyl sites for hydroxylation is 1. The maximum Gasteiger partial charge on any atom is 0.163 e. The summed E-state index contributed by atoms with van der Waals surface area (Å²) in [5.74, 6) is 1.88. The SMILES string of the molecule is Cc1nnc2n1CCN(c1cccnc1C#N)C2. The Morgan fingerprint density at radius 3 is 3.06 bits per heavy atom. The Hall–Kier alpha value is -2.42. The minimum atomic E-state index is 0.460. The molecule has 0 saturated carbocycles. The lowest BCUT2D eigenvalue weighted by Crippen LogP contribution is -2.34. The second kappa shape index (κ2) is 4.11. The molecule has 0 N–H and O–H groups in total. The fourth-order valence-corrected chi connectivity index (χ4v) is 2.25. The molecule has 0 aliphatic carbocycles. The first-order chi connectivity index (χ1) is 8.79. The summed E-state index contributed by atoms with van der Waals surface area (Å²) in [6, 6.07) is 5.90. The van der Waals surface area contributed by atoms with Crippen LogP contribution in [-0.2, 0) is 13.1 Å². The number of anilines is 1. The van der Waals surface area contributed by atoms with Crippen molar-refractivity contribution >= 4 is 5.69 Å². The van der Waals surface area contributed by atoms with Gasteiger partial charge in [-0.25, -0.2) is 4.98 Å². The van der Waals surface area contributed by atoms with Gasteiger partial charge in [0.1, 0.15) is 11.9 Å². The lowest BCUT2D eigenvalue weighted by atomic mass is 10.2. The Kier molecular flexibility index (Phi) is 2.45. The summed E-state index contributed by atoms with van der Waals surface area (Å²) in [6.45, 7) is 4.30. The predicted octanol–water partition coefficient (Wildman–Crippen LogP) is 0.873. The van der Waals surface area contributed by atoms with Crippen LogP contribution in [0.2, 0.25) is 0 Å². The molecule has 2 aromatic heterocycles. The molecule has 6 nitrogen and oxygen atoms in total. The van der Waals surface area contributed by atoms with Gasteiger partial charge in [-0.15, -0.1) is 10.2 Å². The zero-order chi connectivity index (χ0) is 12.5.